The highest BCUT2D eigenvalue weighted by molar-refractivity contribution is 8.06. The lowest BCUT2D eigenvalue weighted by molar-refractivity contribution is 0.389. The zero-order chi connectivity index (χ0) is 17.8. The number of imidazole rings is 1. The van der Waals surface area contributed by atoms with Crippen LogP contribution in [-0.4, -0.2) is 9.55 Å². The van der Waals surface area contributed by atoms with E-state index in [-0.39, 0.29) is 0 Å². The Kier molecular flexibility index (Phi) is 3.95. The molecule has 4 rings (SSSR count). The third-order valence-electron chi connectivity index (χ3n) is 4.89. The van der Waals surface area contributed by atoms with E-state index in [1.165, 1.54) is 27.3 Å². The number of rotatable bonds is 2. The average molecular weight is 351 g/mol. The van der Waals surface area contributed by atoms with Crippen LogP contribution in [-0.2, 0) is 6.54 Å². The molecule has 1 aromatic heterocycles. The maximum absolute atomic E-state index is 4.77. The average Bonchev–Trinajstić information content (AvgIpc) is 3.07. The van der Waals surface area contributed by atoms with Gasteiger partial charge in [-0.3, -0.25) is 0 Å². The summed E-state index contributed by atoms with van der Waals surface area (Å²) in [4.78, 5) is 6.25. The van der Waals surface area contributed by atoms with Crippen LogP contribution in [0.3, 0.4) is 0 Å². The first-order valence-electron chi connectivity index (χ1n) is 9.01. The minimum atomic E-state index is 0.327. The summed E-state index contributed by atoms with van der Waals surface area (Å²) in [5, 5.41) is 2.39. The Labute approximate surface area is 155 Å². The molecule has 0 radical (unpaired) electrons. The Bertz CT molecular complexity index is 873. The molecule has 0 amide bonds. The second kappa shape index (κ2) is 5.91. The molecule has 2 aliphatic heterocycles. The normalized spacial score (nSPS) is 19.3. The molecule has 0 aliphatic carbocycles. The number of allylic oxidation sites excluding steroid dienone is 2. The fourth-order valence-corrected chi connectivity index (χ4v) is 5.08. The summed E-state index contributed by atoms with van der Waals surface area (Å²) in [6.45, 7) is 12.3. The molecule has 0 saturated heterocycles. The van der Waals surface area contributed by atoms with E-state index in [1.807, 2.05) is 18.0 Å². The van der Waals surface area contributed by atoms with Crippen molar-refractivity contribution in [2.75, 3.05) is 0 Å². The third-order valence-corrected chi connectivity index (χ3v) is 5.99. The number of aryl methyl sites for hydroxylation is 2. The van der Waals surface area contributed by atoms with Gasteiger partial charge in [-0.05, 0) is 49.3 Å². The first kappa shape index (κ1) is 16.7. The smallest absolute Gasteiger partial charge is 0.140 e. The largest absolute Gasteiger partial charge is 0.324 e. The summed E-state index contributed by atoms with van der Waals surface area (Å²) >= 11 is 1.91. The monoisotopic (exact) mass is 350 g/mol. The van der Waals surface area contributed by atoms with Crippen molar-refractivity contribution in [3.8, 4) is 11.4 Å². The lowest BCUT2D eigenvalue weighted by atomic mass is 9.82. The van der Waals surface area contributed by atoms with E-state index in [9.17, 15) is 0 Å². The molecule has 0 spiro atoms. The fraction of sp³-hybridized carbons (Fsp3) is 0.409. The molecule has 3 heteroatoms. The van der Waals surface area contributed by atoms with Gasteiger partial charge in [-0.1, -0.05) is 43.5 Å². The van der Waals surface area contributed by atoms with Gasteiger partial charge in [0.15, 0.2) is 0 Å². The van der Waals surface area contributed by atoms with Gasteiger partial charge >= 0.3 is 0 Å². The lowest BCUT2D eigenvalue weighted by Gasteiger charge is -2.27. The summed E-state index contributed by atoms with van der Waals surface area (Å²) < 4.78 is 2.41. The number of aromatic nitrogens is 2. The molecule has 1 aromatic carbocycles. The molecule has 2 aromatic rings. The van der Waals surface area contributed by atoms with E-state index in [0.29, 0.717) is 11.3 Å². The molecule has 1 atom stereocenters. The van der Waals surface area contributed by atoms with Gasteiger partial charge in [0, 0.05) is 22.9 Å². The van der Waals surface area contributed by atoms with E-state index in [0.717, 1.165) is 18.8 Å². The molecule has 0 bridgehead atoms. The van der Waals surface area contributed by atoms with E-state index >= 15 is 0 Å². The van der Waals surface area contributed by atoms with Crippen LogP contribution in [0.4, 0.5) is 0 Å². The summed E-state index contributed by atoms with van der Waals surface area (Å²) in [7, 11) is 0. The van der Waals surface area contributed by atoms with Crippen molar-refractivity contribution < 1.29 is 0 Å². The number of thioether (sulfide) groups is 1. The summed E-state index contributed by atoms with van der Waals surface area (Å²) in [5.41, 5.74) is 6.96. The van der Waals surface area contributed by atoms with Crippen molar-refractivity contribution in [3.05, 3.63) is 57.1 Å². The number of fused-ring (bicyclic) bond motifs is 2. The maximum atomic E-state index is 4.77. The van der Waals surface area contributed by atoms with Gasteiger partial charge in [0.2, 0.25) is 0 Å². The molecule has 0 fully saturated rings. The van der Waals surface area contributed by atoms with Gasteiger partial charge in [0.05, 0.1) is 11.9 Å². The summed E-state index contributed by atoms with van der Waals surface area (Å²) in [6.07, 6.45) is 5.52. The van der Waals surface area contributed by atoms with E-state index in [4.69, 9.17) is 4.98 Å². The van der Waals surface area contributed by atoms with Gasteiger partial charge in [-0.15, -0.1) is 11.8 Å². The SMILES string of the molecule is Cc1cc(C)cc(-c2ncc3n2CC2C(CC(C)(C)C)=CSC2=C3)c1. The lowest BCUT2D eigenvalue weighted by Crippen LogP contribution is -2.20. The molecule has 2 aliphatic rings. The molecule has 2 nitrogen and oxygen atoms in total. The van der Waals surface area contributed by atoms with Gasteiger partial charge < -0.3 is 4.57 Å². The molecular weight excluding hydrogens is 324 g/mol. The van der Waals surface area contributed by atoms with Crippen LogP contribution >= 0.6 is 11.8 Å². The first-order valence-corrected chi connectivity index (χ1v) is 9.89. The quantitative estimate of drug-likeness (QED) is 0.641. The highest BCUT2D eigenvalue weighted by Crippen LogP contribution is 2.48. The Morgan fingerprint density at radius 2 is 1.88 bits per heavy atom. The van der Waals surface area contributed by atoms with Crippen LogP contribution in [0.15, 0.2) is 40.3 Å². The third kappa shape index (κ3) is 3.22. The number of hydrogen-bond acceptors (Lipinski definition) is 2. The van der Waals surface area contributed by atoms with Crippen molar-refractivity contribution in [1.82, 2.24) is 9.55 Å². The minimum absolute atomic E-state index is 0.327. The Balaban J connectivity index is 1.70. The first-order chi connectivity index (χ1) is 11.8. The molecule has 0 saturated carbocycles. The van der Waals surface area contributed by atoms with Crippen LogP contribution < -0.4 is 0 Å². The maximum Gasteiger partial charge on any atom is 0.140 e. The van der Waals surface area contributed by atoms with Crippen molar-refractivity contribution in [3.63, 3.8) is 0 Å². The van der Waals surface area contributed by atoms with E-state index in [1.54, 1.807) is 5.57 Å². The Morgan fingerprint density at radius 3 is 2.56 bits per heavy atom. The Hall–Kier alpha value is -1.74. The molecule has 130 valence electrons. The number of nitrogens with zero attached hydrogens (tertiary/aromatic N) is 2. The number of benzene rings is 1. The molecular formula is C22H26N2S. The zero-order valence-corrected chi connectivity index (χ0v) is 16.6. The van der Waals surface area contributed by atoms with E-state index < -0.39 is 0 Å². The standard InChI is InChI=1S/C22H26N2S/c1-14-6-15(2)8-16(7-14)21-23-11-18-9-20-19(12-24(18)21)17(13-25-20)10-22(3,4)5/h6-9,11,13,19H,10,12H2,1-5H3. The van der Waals surface area contributed by atoms with Gasteiger partial charge in [-0.25, -0.2) is 4.98 Å². The second-order valence-electron chi connectivity index (χ2n) is 8.64. The predicted molar refractivity (Wildman–Crippen MR) is 108 cm³/mol. The summed E-state index contributed by atoms with van der Waals surface area (Å²) in [6, 6.07) is 6.72. The fourth-order valence-electron chi connectivity index (χ4n) is 3.97. The van der Waals surface area contributed by atoms with Crippen LogP contribution in [0.5, 0.6) is 0 Å². The number of hydrogen-bond donors (Lipinski definition) is 0. The Morgan fingerprint density at radius 1 is 1.16 bits per heavy atom. The van der Waals surface area contributed by atoms with Gasteiger partial charge in [0.25, 0.3) is 0 Å². The van der Waals surface area contributed by atoms with Crippen LogP contribution in [0.1, 0.15) is 44.0 Å². The van der Waals surface area contributed by atoms with Crippen LogP contribution in [0, 0.1) is 25.2 Å². The van der Waals surface area contributed by atoms with Crippen molar-refractivity contribution in [2.45, 2.75) is 47.6 Å². The topological polar surface area (TPSA) is 17.8 Å². The van der Waals surface area contributed by atoms with E-state index in [2.05, 4.69) is 68.9 Å². The highest BCUT2D eigenvalue weighted by atomic mass is 32.2. The molecule has 3 heterocycles. The molecule has 25 heavy (non-hydrogen) atoms. The molecule has 1 unspecified atom stereocenters. The molecule has 0 N–H and O–H groups in total. The van der Waals surface area contributed by atoms with Crippen LogP contribution in [0.2, 0.25) is 0 Å². The second-order valence-corrected chi connectivity index (χ2v) is 9.58. The highest BCUT2D eigenvalue weighted by Gasteiger charge is 2.32. The minimum Gasteiger partial charge on any atom is -0.324 e. The van der Waals surface area contributed by atoms with Crippen molar-refractivity contribution in [1.29, 1.82) is 0 Å². The zero-order valence-electron chi connectivity index (χ0n) is 15.8. The van der Waals surface area contributed by atoms with Crippen molar-refractivity contribution in [2.24, 2.45) is 11.3 Å². The van der Waals surface area contributed by atoms with Crippen molar-refractivity contribution >= 4 is 17.8 Å². The van der Waals surface area contributed by atoms with Crippen LogP contribution in [0.25, 0.3) is 17.5 Å². The van der Waals surface area contributed by atoms with Gasteiger partial charge in [-0.2, -0.15) is 0 Å². The van der Waals surface area contributed by atoms with Gasteiger partial charge in [0.1, 0.15) is 5.82 Å². The predicted octanol–water partition coefficient (Wildman–Crippen LogP) is 6.20. The summed E-state index contributed by atoms with van der Waals surface area (Å²) in [5.74, 6) is 1.62.